The van der Waals surface area contributed by atoms with Gasteiger partial charge in [0.05, 0.1) is 0 Å². The van der Waals surface area contributed by atoms with Crippen LogP contribution in [0.5, 0.6) is 0 Å². The number of carbonyl (C=O) groups excluding carboxylic acids is 1. The number of ether oxygens (including phenoxy) is 1. The lowest BCUT2D eigenvalue weighted by molar-refractivity contribution is -0.134. The first-order valence-electron chi connectivity index (χ1n) is 3.78. The molecule has 0 heterocycles. The van der Waals surface area contributed by atoms with Crippen LogP contribution in [-0.2, 0) is 9.53 Å². The molecule has 1 aliphatic rings. The summed E-state index contributed by atoms with van der Waals surface area (Å²) in [6.07, 6.45) is 8.26. The van der Waals surface area contributed by atoms with E-state index in [4.69, 9.17) is 4.74 Å². The van der Waals surface area contributed by atoms with Crippen LogP contribution in [0.4, 0.5) is 0 Å². The van der Waals surface area contributed by atoms with Gasteiger partial charge in [-0.1, -0.05) is 12.7 Å². The highest BCUT2D eigenvalue weighted by molar-refractivity contribution is 5.87. The summed E-state index contributed by atoms with van der Waals surface area (Å²) in [7, 11) is 0. The number of esters is 1. The molecule has 2 nitrogen and oxygen atoms in total. The molecule has 0 spiro atoms. The van der Waals surface area contributed by atoms with E-state index in [1.165, 1.54) is 0 Å². The Morgan fingerprint density at radius 3 is 2.92 bits per heavy atom. The molecule has 2 heteroatoms. The van der Waals surface area contributed by atoms with Crippen molar-refractivity contribution in [3.63, 3.8) is 0 Å². The Morgan fingerprint density at radius 1 is 1.67 bits per heavy atom. The Bertz CT molecular complexity index is 259. The molecule has 0 aliphatic heterocycles. The number of rotatable bonds is 2. The summed E-state index contributed by atoms with van der Waals surface area (Å²) in [6.45, 7) is 5.11. The van der Waals surface area contributed by atoms with Crippen molar-refractivity contribution in [2.24, 2.45) is 0 Å². The third kappa shape index (κ3) is 2.38. The molecule has 1 rings (SSSR count). The van der Waals surface area contributed by atoms with E-state index < -0.39 is 0 Å². The maximum atomic E-state index is 11.0. The van der Waals surface area contributed by atoms with Crippen molar-refractivity contribution in [1.82, 2.24) is 0 Å². The minimum Gasteiger partial charge on any atom is -0.424 e. The Labute approximate surface area is 72.2 Å². The lowest BCUT2D eigenvalue weighted by Gasteiger charge is -2.06. The van der Waals surface area contributed by atoms with E-state index in [9.17, 15) is 4.79 Å². The van der Waals surface area contributed by atoms with E-state index in [2.05, 4.69) is 6.58 Å². The fourth-order valence-electron chi connectivity index (χ4n) is 0.764. The lowest BCUT2D eigenvalue weighted by atomic mass is 10.2. The van der Waals surface area contributed by atoms with Gasteiger partial charge < -0.3 is 4.74 Å². The highest BCUT2D eigenvalue weighted by Crippen LogP contribution is 2.11. The molecule has 12 heavy (non-hydrogen) atoms. The standard InChI is InChI=1S/C10H11O2/c1-8(2)10(11)12-9-6-4-3-5-7-9/h3-4,6-7H,1,5H2,2H3. The van der Waals surface area contributed by atoms with Crippen LogP contribution >= 0.6 is 0 Å². The highest BCUT2D eigenvalue weighted by Gasteiger charge is 2.06. The minimum atomic E-state index is -0.368. The van der Waals surface area contributed by atoms with Gasteiger partial charge in [-0.25, -0.2) is 4.79 Å². The maximum Gasteiger partial charge on any atom is 0.338 e. The largest absolute Gasteiger partial charge is 0.424 e. The van der Waals surface area contributed by atoms with Gasteiger partial charge in [0.1, 0.15) is 5.76 Å². The highest BCUT2D eigenvalue weighted by atomic mass is 16.5. The Balaban J connectivity index is 2.51. The molecule has 0 saturated carbocycles. The summed E-state index contributed by atoms with van der Waals surface area (Å²) in [5, 5.41) is 0. The van der Waals surface area contributed by atoms with Gasteiger partial charge >= 0.3 is 5.97 Å². The molecule has 0 fully saturated rings. The maximum absolute atomic E-state index is 11.0. The van der Waals surface area contributed by atoms with Crippen LogP contribution in [0.15, 0.2) is 36.1 Å². The van der Waals surface area contributed by atoms with Crippen LogP contribution in [-0.4, -0.2) is 5.97 Å². The van der Waals surface area contributed by atoms with Crippen molar-refractivity contribution >= 4 is 5.97 Å². The second-order valence-corrected chi connectivity index (χ2v) is 2.61. The Morgan fingerprint density at radius 2 is 2.42 bits per heavy atom. The summed E-state index contributed by atoms with van der Waals surface area (Å²) in [5.41, 5.74) is 0.416. The second kappa shape index (κ2) is 3.90. The number of carbonyl (C=O) groups is 1. The Kier molecular flexibility index (Phi) is 2.86. The van der Waals surface area contributed by atoms with Crippen molar-refractivity contribution in [1.29, 1.82) is 0 Å². The van der Waals surface area contributed by atoms with E-state index in [-0.39, 0.29) is 5.97 Å². The predicted octanol–water partition coefficient (Wildman–Crippen LogP) is 2.15. The number of hydrogen-bond donors (Lipinski definition) is 0. The molecule has 0 aromatic rings. The first-order chi connectivity index (χ1) is 5.70. The number of allylic oxidation sites excluding steroid dienone is 3. The van der Waals surface area contributed by atoms with Crippen LogP contribution in [0.3, 0.4) is 0 Å². The van der Waals surface area contributed by atoms with Crippen LogP contribution in [0, 0.1) is 6.42 Å². The van der Waals surface area contributed by atoms with Crippen molar-refractivity contribution in [3.8, 4) is 0 Å². The van der Waals surface area contributed by atoms with Crippen LogP contribution < -0.4 is 0 Å². The molecule has 0 amide bonds. The van der Waals surface area contributed by atoms with Crippen molar-refractivity contribution in [2.45, 2.75) is 13.3 Å². The predicted molar refractivity (Wildman–Crippen MR) is 47.0 cm³/mol. The molecule has 0 atom stereocenters. The van der Waals surface area contributed by atoms with Crippen molar-refractivity contribution in [2.75, 3.05) is 0 Å². The van der Waals surface area contributed by atoms with Crippen molar-refractivity contribution in [3.05, 3.63) is 42.6 Å². The fourth-order valence-corrected chi connectivity index (χ4v) is 0.764. The summed E-state index contributed by atoms with van der Waals surface area (Å²) in [6, 6.07) is 0. The van der Waals surface area contributed by atoms with E-state index in [0.29, 0.717) is 11.3 Å². The third-order valence-electron chi connectivity index (χ3n) is 1.41. The van der Waals surface area contributed by atoms with Gasteiger partial charge in [-0.3, -0.25) is 0 Å². The quantitative estimate of drug-likeness (QED) is 0.460. The van der Waals surface area contributed by atoms with Crippen molar-refractivity contribution < 1.29 is 9.53 Å². The molecule has 0 saturated heterocycles. The average molecular weight is 163 g/mol. The SMILES string of the molecule is C=C(C)C(=O)OC1=CC[CH]C=C1. The average Bonchev–Trinajstić information content (AvgIpc) is 2.06. The van der Waals surface area contributed by atoms with Gasteiger partial charge in [0.15, 0.2) is 0 Å². The van der Waals surface area contributed by atoms with E-state index in [1.807, 2.05) is 18.6 Å². The van der Waals surface area contributed by atoms with Gasteiger partial charge in [0, 0.05) is 5.57 Å². The second-order valence-electron chi connectivity index (χ2n) is 2.61. The first kappa shape index (κ1) is 8.78. The molecule has 0 bridgehead atoms. The summed E-state index contributed by atoms with van der Waals surface area (Å²) < 4.78 is 4.97. The zero-order chi connectivity index (χ0) is 8.97. The Hall–Kier alpha value is -1.31. The molecular weight excluding hydrogens is 152 g/mol. The first-order valence-corrected chi connectivity index (χ1v) is 3.78. The van der Waals surface area contributed by atoms with E-state index in [1.54, 1.807) is 13.0 Å². The molecule has 0 aromatic heterocycles. The van der Waals surface area contributed by atoms with Gasteiger partial charge in [-0.15, -0.1) is 0 Å². The molecule has 0 unspecified atom stereocenters. The lowest BCUT2D eigenvalue weighted by Crippen LogP contribution is -2.04. The van der Waals surface area contributed by atoms with E-state index >= 15 is 0 Å². The third-order valence-corrected chi connectivity index (χ3v) is 1.41. The molecule has 1 radical (unpaired) electrons. The smallest absolute Gasteiger partial charge is 0.338 e. The summed E-state index contributed by atoms with van der Waals surface area (Å²) in [5.74, 6) is 0.235. The van der Waals surface area contributed by atoms with E-state index in [0.717, 1.165) is 6.42 Å². The van der Waals surface area contributed by atoms with Gasteiger partial charge in [0.25, 0.3) is 0 Å². The van der Waals surface area contributed by atoms with Gasteiger partial charge in [0.2, 0.25) is 0 Å². The fraction of sp³-hybridized carbons (Fsp3) is 0.200. The summed E-state index contributed by atoms with van der Waals surface area (Å²) >= 11 is 0. The molecule has 63 valence electrons. The molecule has 1 aliphatic carbocycles. The monoisotopic (exact) mass is 163 g/mol. The topological polar surface area (TPSA) is 26.3 Å². The van der Waals surface area contributed by atoms with Gasteiger partial charge in [-0.05, 0) is 31.9 Å². The zero-order valence-electron chi connectivity index (χ0n) is 7.04. The zero-order valence-corrected chi connectivity index (χ0v) is 7.04. The molecule has 0 aromatic carbocycles. The van der Waals surface area contributed by atoms with Crippen LogP contribution in [0.25, 0.3) is 0 Å². The molecule has 0 N–H and O–H groups in total. The van der Waals surface area contributed by atoms with Gasteiger partial charge in [-0.2, -0.15) is 0 Å². The normalized spacial score (nSPS) is 15.2. The number of hydrogen-bond acceptors (Lipinski definition) is 2. The van der Waals surface area contributed by atoms with Crippen LogP contribution in [0.1, 0.15) is 13.3 Å². The van der Waals surface area contributed by atoms with Crippen LogP contribution in [0.2, 0.25) is 0 Å². The molecular formula is C10H11O2. The summed E-state index contributed by atoms with van der Waals surface area (Å²) in [4.78, 5) is 11.0. The minimum absolute atomic E-state index is 0.368.